The van der Waals surface area contributed by atoms with Gasteiger partial charge in [-0.05, 0) is 18.6 Å². The van der Waals surface area contributed by atoms with Crippen LogP contribution in [-0.4, -0.2) is 84.4 Å². The number of H-pyrrole nitrogens is 1. The number of hydrogen-bond acceptors (Lipinski definition) is 12. The third-order valence-electron chi connectivity index (χ3n) is 6.29. The number of phosphoric acid groups is 1. The highest BCUT2D eigenvalue weighted by atomic mass is 35.5. The van der Waals surface area contributed by atoms with Gasteiger partial charge in [0.2, 0.25) is 0 Å². The summed E-state index contributed by atoms with van der Waals surface area (Å²) < 4.78 is 35.6. The highest BCUT2D eigenvalue weighted by Crippen LogP contribution is 2.38. The maximum absolute atomic E-state index is 13.8. The van der Waals surface area contributed by atoms with Crippen LogP contribution in [0.4, 0.5) is 10.2 Å². The van der Waals surface area contributed by atoms with E-state index in [2.05, 4.69) is 44.7 Å². The molecule has 19 heteroatoms. The van der Waals surface area contributed by atoms with Crippen molar-refractivity contribution >= 4 is 47.6 Å². The summed E-state index contributed by atoms with van der Waals surface area (Å²) in [6.07, 6.45) is 2.25. The van der Waals surface area contributed by atoms with Crippen LogP contribution in [0, 0.1) is 12.7 Å². The van der Waals surface area contributed by atoms with Crippen LogP contribution in [0.2, 0.25) is 5.02 Å². The summed E-state index contributed by atoms with van der Waals surface area (Å²) in [5.74, 6) is 0.215. The molecule has 42 heavy (non-hydrogen) atoms. The minimum absolute atomic E-state index is 0.234. The zero-order valence-corrected chi connectivity index (χ0v) is 23.3. The van der Waals surface area contributed by atoms with Crippen molar-refractivity contribution in [3.8, 4) is 0 Å². The number of nitrogens with zero attached hydrogens (tertiary/aromatic N) is 7. The molecule has 6 N–H and O–H groups in total. The number of fused-ring (bicyclic) bond motifs is 2. The van der Waals surface area contributed by atoms with Gasteiger partial charge in [-0.25, -0.2) is 38.9 Å². The van der Waals surface area contributed by atoms with Crippen LogP contribution < -0.4 is 5.32 Å². The highest BCUT2D eigenvalue weighted by Gasteiger charge is 2.45. The van der Waals surface area contributed by atoms with E-state index in [0.29, 0.717) is 38.7 Å². The smallest absolute Gasteiger partial charge is 0.387 e. The van der Waals surface area contributed by atoms with Gasteiger partial charge in [0.1, 0.15) is 47.8 Å². The molecule has 1 fully saturated rings. The van der Waals surface area contributed by atoms with Crippen LogP contribution in [0.1, 0.15) is 17.4 Å². The Balaban J connectivity index is 0.000000169. The fourth-order valence-corrected chi connectivity index (χ4v) is 4.75. The maximum Gasteiger partial charge on any atom is 0.469 e. The number of nitrogens with one attached hydrogen (secondary N) is 2. The van der Waals surface area contributed by atoms with Crippen molar-refractivity contribution in [1.82, 2.24) is 39.5 Å². The number of hydrogen-bond donors (Lipinski definition) is 6. The standard InChI is InChI=1S/C13H11ClFN5.C10H13N4O7P/c1-7-2-3-9(15)8(10(7)14)4-16-12-11-13(18-5-17-11)20-6-19-12;15-7-6(2-20-22(17,18)19)21-10(8(7)16)14-4-13-5-1-11-3-12-9(5)14/h2-3,5-6H,4H2,1H3,(H2,16,17,18,19,20);1,3-4,6-8,10,15-16H,2H2,(H2,17,18,19)/t;6-,7-,8-,10-/m.1/s1. The number of aliphatic hydroxyl groups is 2. The molecule has 5 heterocycles. The summed E-state index contributed by atoms with van der Waals surface area (Å²) in [6, 6.07) is 3.06. The van der Waals surface area contributed by atoms with Crippen molar-refractivity contribution in [3.05, 3.63) is 65.6 Å². The highest BCUT2D eigenvalue weighted by molar-refractivity contribution is 7.46. The number of phosphoric ester groups is 1. The number of rotatable bonds is 7. The van der Waals surface area contributed by atoms with E-state index < -0.39 is 39.0 Å². The Morgan fingerprint density at radius 1 is 1.17 bits per heavy atom. The minimum atomic E-state index is -4.70. The number of imidazole rings is 2. The van der Waals surface area contributed by atoms with Crippen LogP contribution >= 0.6 is 19.4 Å². The number of benzene rings is 1. The number of aromatic nitrogens is 8. The summed E-state index contributed by atoms with van der Waals surface area (Å²) in [5.41, 5.74) is 3.35. The molecule has 1 aromatic carbocycles. The van der Waals surface area contributed by atoms with E-state index in [1.165, 1.54) is 42.1 Å². The third-order valence-corrected chi connectivity index (χ3v) is 7.30. The van der Waals surface area contributed by atoms with Crippen LogP contribution in [0.3, 0.4) is 0 Å². The molecule has 0 amide bonds. The Bertz CT molecular complexity index is 1750. The molecule has 16 nitrogen and oxygen atoms in total. The summed E-state index contributed by atoms with van der Waals surface area (Å²) in [7, 11) is -4.70. The van der Waals surface area contributed by atoms with Crippen LogP contribution in [0.25, 0.3) is 22.3 Å². The lowest BCUT2D eigenvalue weighted by Gasteiger charge is -2.16. The normalized spacial score (nSPS) is 20.5. The van der Waals surface area contributed by atoms with Gasteiger partial charge in [-0.2, -0.15) is 0 Å². The second kappa shape index (κ2) is 12.3. The van der Waals surface area contributed by atoms with Crippen LogP contribution in [0.5, 0.6) is 0 Å². The Kier molecular flexibility index (Phi) is 8.72. The van der Waals surface area contributed by atoms with Gasteiger partial charge in [-0.3, -0.25) is 9.09 Å². The minimum Gasteiger partial charge on any atom is -0.387 e. The molecule has 4 atom stereocenters. The molecule has 222 valence electrons. The second-order valence-electron chi connectivity index (χ2n) is 9.05. The van der Waals surface area contributed by atoms with Gasteiger partial charge in [-0.15, -0.1) is 0 Å². The van der Waals surface area contributed by atoms with E-state index in [9.17, 15) is 19.2 Å². The molecule has 1 saturated heterocycles. The molecule has 0 spiro atoms. The van der Waals surface area contributed by atoms with Crippen molar-refractivity contribution in [2.24, 2.45) is 0 Å². The molecule has 0 bridgehead atoms. The van der Waals surface area contributed by atoms with E-state index in [1.54, 1.807) is 6.07 Å². The summed E-state index contributed by atoms with van der Waals surface area (Å²) in [4.78, 5) is 44.3. The predicted molar refractivity (Wildman–Crippen MR) is 144 cm³/mol. The molecule has 4 aromatic heterocycles. The summed E-state index contributed by atoms with van der Waals surface area (Å²) >= 11 is 6.13. The van der Waals surface area contributed by atoms with Gasteiger partial charge in [0.05, 0.1) is 30.5 Å². The summed E-state index contributed by atoms with van der Waals surface area (Å²) in [6.45, 7) is 1.50. The molecule has 0 saturated carbocycles. The number of aryl methyl sites for hydroxylation is 1. The van der Waals surface area contributed by atoms with Crippen LogP contribution in [0.15, 0.2) is 43.6 Å². The largest absolute Gasteiger partial charge is 0.469 e. The second-order valence-corrected chi connectivity index (χ2v) is 10.7. The number of ether oxygens (including phenoxy) is 1. The van der Waals surface area contributed by atoms with E-state index in [4.69, 9.17) is 26.1 Å². The molecule has 1 aliphatic heterocycles. The van der Waals surface area contributed by atoms with Crippen molar-refractivity contribution in [2.45, 2.75) is 38.0 Å². The lowest BCUT2D eigenvalue weighted by atomic mass is 10.1. The van der Waals surface area contributed by atoms with Gasteiger partial charge < -0.3 is 35.0 Å². The molecule has 0 unspecified atom stereocenters. The first-order valence-corrected chi connectivity index (χ1v) is 14.1. The monoisotopic (exact) mass is 623 g/mol. The average Bonchev–Trinajstić information content (AvgIpc) is 3.68. The van der Waals surface area contributed by atoms with E-state index >= 15 is 0 Å². The first-order valence-electron chi connectivity index (χ1n) is 12.2. The Hall–Kier alpha value is -3.67. The first-order chi connectivity index (χ1) is 20.0. The lowest BCUT2D eigenvalue weighted by Crippen LogP contribution is -2.33. The quantitative estimate of drug-likeness (QED) is 0.142. The molecular formula is C23H24ClFN9O7P. The van der Waals surface area contributed by atoms with Crippen molar-refractivity contribution < 1.29 is 38.2 Å². The predicted octanol–water partition coefficient (Wildman–Crippen LogP) is 1.62. The molecule has 1 aliphatic rings. The van der Waals surface area contributed by atoms with Gasteiger partial charge >= 0.3 is 7.82 Å². The molecule has 5 aromatic rings. The average molecular weight is 624 g/mol. The Morgan fingerprint density at radius 2 is 1.98 bits per heavy atom. The number of aromatic amines is 1. The van der Waals surface area contributed by atoms with Gasteiger partial charge in [0, 0.05) is 12.1 Å². The van der Waals surface area contributed by atoms with E-state index in [1.807, 2.05) is 6.92 Å². The zero-order chi connectivity index (χ0) is 30.0. The van der Waals surface area contributed by atoms with Crippen molar-refractivity contribution in [3.63, 3.8) is 0 Å². The summed E-state index contributed by atoms with van der Waals surface area (Å²) in [5, 5.41) is 23.5. The van der Waals surface area contributed by atoms with Gasteiger partial charge in [0.15, 0.2) is 23.3 Å². The molecule has 6 rings (SSSR count). The van der Waals surface area contributed by atoms with E-state index in [-0.39, 0.29) is 12.4 Å². The van der Waals surface area contributed by atoms with Crippen molar-refractivity contribution in [2.75, 3.05) is 11.9 Å². The Morgan fingerprint density at radius 3 is 2.76 bits per heavy atom. The number of halogens is 2. The number of aliphatic hydroxyl groups excluding tert-OH is 2. The van der Waals surface area contributed by atoms with Gasteiger partial charge in [0.25, 0.3) is 0 Å². The fourth-order valence-electron chi connectivity index (χ4n) is 4.19. The molecule has 0 aliphatic carbocycles. The third kappa shape index (κ3) is 6.38. The maximum atomic E-state index is 13.8. The molecule has 0 radical (unpaired) electrons. The zero-order valence-electron chi connectivity index (χ0n) is 21.6. The first kappa shape index (κ1) is 29.8. The topological polar surface area (TPSA) is 227 Å². The van der Waals surface area contributed by atoms with Crippen LogP contribution in [-0.2, 0) is 20.4 Å². The van der Waals surface area contributed by atoms with E-state index in [0.717, 1.165) is 5.56 Å². The Labute approximate surface area is 240 Å². The van der Waals surface area contributed by atoms with Gasteiger partial charge in [-0.1, -0.05) is 17.7 Å². The SMILES string of the molecule is Cc1ccc(F)c(CNc2ncnc3nc[nH]c23)c1Cl.O=P(O)(O)OC[C@H]1O[C@@H](n2cnc3cncnc32)[C@H](O)[C@@H]1O. The van der Waals surface area contributed by atoms with Crippen molar-refractivity contribution in [1.29, 1.82) is 0 Å². The fraction of sp³-hybridized carbons (Fsp3) is 0.304. The molecular weight excluding hydrogens is 600 g/mol. The number of anilines is 1. The lowest BCUT2D eigenvalue weighted by molar-refractivity contribution is -0.0504.